The van der Waals surface area contributed by atoms with E-state index in [0.29, 0.717) is 0 Å². The van der Waals surface area contributed by atoms with Crippen molar-refractivity contribution in [2.45, 2.75) is 19.1 Å². The van der Waals surface area contributed by atoms with Gasteiger partial charge in [-0.1, -0.05) is 18.2 Å². The maximum Gasteiger partial charge on any atom is 0.323 e. The summed E-state index contributed by atoms with van der Waals surface area (Å²) in [5.74, 6) is -2.51. The number of carboxylic acids is 1. The van der Waals surface area contributed by atoms with Gasteiger partial charge in [-0.05, 0) is 19.1 Å². The van der Waals surface area contributed by atoms with Gasteiger partial charge in [0.05, 0.1) is 6.61 Å². The summed E-state index contributed by atoms with van der Waals surface area (Å²) in [5, 5.41) is 12.2. The zero-order chi connectivity index (χ0) is 14.5. The molecule has 0 amide bonds. The number of esters is 1. The molecule has 2 rings (SSSR count). The molecule has 1 heterocycles. The summed E-state index contributed by atoms with van der Waals surface area (Å²) < 4.78 is 4.95. The van der Waals surface area contributed by atoms with Crippen LogP contribution in [0.3, 0.4) is 0 Å². The van der Waals surface area contributed by atoms with Crippen LogP contribution >= 0.6 is 0 Å². The first kappa shape index (κ1) is 14.3. The first-order chi connectivity index (χ1) is 9.63. The lowest BCUT2D eigenvalue weighted by Gasteiger charge is -2.21. The summed E-state index contributed by atoms with van der Waals surface area (Å²) in [4.78, 5) is 23.1. The average Bonchev–Trinajstić information content (AvgIpc) is 2.84. The minimum absolute atomic E-state index is 0.208. The maximum absolute atomic E-state index is 12.0. The molecule has 1 aliphatic rings. The van der Waals surface area contributed by atoms with Crippen LogP contribution in [0.25, 0.3) is 0 Å². The fourth-order valence-corrected chi connectivity index (χ4v) is 2.12. The van der Waals surface area contributed by atoms with E-state index in [2.05, 4.69) is 16.2 Å². The molecule has 7 nitrogen and oxygen atoms in total. The summed E-state index contributed by atoms with van der Waals surface area (Å²) in [7, 11) is 0. The van der Waals surface area contributed by atoms with E-state index < -0.39 is 30.1 Å². The Kier molecular flexibility index (Phi) is 4.54. The van der Waals surface area contributed by atoms with Crippen LogP contribution in [0.5, 0.6) is 0 Å². The molecule has 20 heavy (non-hydrogen) atoms. The predicted molar refractivity (Wildman–Crippen MR) is 71.7 cm³/mol. The first-order valence-corrected chi connectivity index (χ1v) is 6.35. The molecule has 7 heteroatoms. The molecule has 1 fully saturated rings. The van der Waals surface area contributed by atoms with E-state index in [4.69, 9.17) is 9.84 Å². The van der Waals surface area contributed by atoms with Crippen LogP contribution in [0.4, 0.5) is 5.69 Å². The van der Waals surface area contributed by atoms with Crippen LogP contribution < -0.4 is 16.2 Å². The largest absolute Gasteiger partial charge is 0.480 e. The molecular weight excluding hydrogens is 262 g/mol. The Labute approximate surface area is 116 Å². The van der Waals surface area contributed by atoms with Crippen LogP contribution in [-0.2, 0) is 14.3 Å². The zero-order valence-electron chi connectivity index (χ0n) is 11.0. The van der Waals surface area contributed by atoms with E-state index in [1.54, 1.807) is 6.92 Å². The number of carbonyl (C=O) groups is 2. The van der Waals surface area contributed by atoms with E-state index in [1.807, 2.05) is 30.3 Å². The number of para-hydroxylation sites is 1. The van der Waals surface area contributed by atoms with Crippen molar-refractivity contribution in [1.29, 1.82) is 0 Å². The third-order valence-electron chi connectivity index (χ3n) is 3.03. The van der Waals surface area contributed by atoms with Crippen molar-refractivity contribution in [3.8, 4) is 0 Å². The second kappa shape index (κ2) is 6.36. The highest BCUT2D eigenvalue weighted by atomic mass is 16.5. The van der Waals surface area contributed by atoms with Crippen molar-refractivity contribution in [3.05, 3.63) is 30.3 Å². The summed E-state index contributed by atoms with van der Waals surface area (Å²) in [6, 6.07) is 8.19. The van der Waals surface area contributed by atoms with Crippen LogP contribution in [0.1, 0.15) is 6.92 Å². The van der Waals surface area contributed by atoms with E-state index in [0.717, 1.165) is 5.69 Å². The molecule has 0 aliphatic carbocycles. The molecule has 0 spiro atoms. The van der Waals surface area contributed by atoms with Gasteiger partial charge in [0.15, 0.2) is 0 Å². The van der Waals surface area contributed by atoms with Crippen molar-refractivity contribution in [2.24, 2.45) is 5.92 Å². The highest BCUT2D eigenvalue weighted by molar-refractivity contribution is 5.85. The highest BCUT2D eigenvalue weighted by Gasteiger charge is 2.46. The fourth-order valence-electron chi connectivity index (χ4n) is 2.12. The molecule has 1 aromatic rings. The summed E-state index contributed by atoms with van der Waals surface area (Å²) in [6.45, 7) is 1.89. The van der Waals surface area contributed by atoms with Crippen molar-refractivity contribution in [2.75, 3.05) is 11.9 Å². The summed E-state index contributed by atoms with van der Waals surface area (Å²) in [6.07, 6.45) is -0.558. The lowest BCUT2D eigenvalue weighted by atomic mass is 9.99. The van der Waals surface area contributed by atoms with Crippen LogP contribution in [0, 0.1) is 5.92 Å². The Morgan fingerprint density at radius 1 is 1.30 bits per heavy atom. The molecule has 3 atom stereocenters. The lowest BCUT2D eigenvalue weighted by molar-refractivity contribution is -0.153. The third-order valence-corrected chi connectivity index (χ3v) is 3.03. The van der Waals surface area contributed by atoms with Crippen LogP contribution in [0.15, 0.2) is 30.3 Å². The van der Waals surface area contributed by atoms with Crippen molar-refractivity contribution in [3.63, 3.8) is 0 Å². The molecular formula is C13H17N3O4. The Bertz CT molecular complexity index is 480. The van der Waals surface area contributed by atoms with Gasteiger partial charge in [-0.2, -0.15) is 0 Å². The number of carbonyl (C=O) groups excluding carboxylic acids is 1. The van der Waals surface area contributed by atoms with Gasteiger partial charge in [-0.25, -0.2) is 10.9 Å². The SMILES string of the molecule is CCOC(=O)C1C(Nc2ccccc2)NNC1C(=O)O. The van der Waals surface area contributed by atoms with Gasteiger partial charge in [0.2, 0.25) is 0 Å². The Balaban J connectivity index is 2.14. The monoisotopic (exact) mass is 279 g/mol. The second-order valence-corrected chi connectivity index (χ2v) is 4.37. The molecule has 4 N–H and O–H groups in total. The maximum atomic E-state index is 12.0. The summed E-state index contributed by atoms with van der Waals surface area (Å²) in [5.41, 5.74) is 6.17. The Morgan fingerprint density at radius 2 is 2.00 bits per heavy atom. The number of nitrogens with one attached hydrogen (secondary N) is 3. The van der Waals surface area contributed by atoms with Gasteiger partial charge in [0.1, 0.15) is 18.1 Å². The second-order valence-electron chi connectivity index (χ2n) is 4.37. The third kappa shape index (κ3) is 3.06. The molecule has 1 aliphatic heterocycles. The molecule has 0 aromatic heterocycles. The van der Waals surface area contributed by atoms with Crippen LogP contribution in [0.2, 0.25) is 0 Å². The lowest BCUT2D eigenvalue weighted by Crippen LogP contribution is -2.43. The fraction of sp³-hybridized carbons (Fsp3) is 0.385. The van der Waals surface area contributed by atoms with Crippen molar-refractivity contribution in [1.82, 2.24) is 10.9 Å². The summed E-state index contributed by atoms with van der Waals surface area (Å²) >= 11 is 0. The Hall–Kier alpha value is -2.12. The highest BCUT2D eigenvalue weighted by Crippen LogP contribution is 2.20. The van der Waals surface area contributed by atoms with Crippen LogP contribution in [-0.4, -0.2) is 35.9 Å². The predicted octanol–water partition coefficient (Wildman–Crippen LogP) is 0.165. The minimum Gasteiger partial charge on any atom is -0.480 e. The molecule has 0 radical (unpaired) electrons. The number of hydrazine groups is 1. The van der Waals surface area contributed by atoms with Crippen molar-refractivity contribution >= 4 is 17.6 Å². The number of ether oxygens (including phenoxy) is 1. The van der Waals surface area contributed by atoms with Gasteiger partial charge in [0, 0.05) is 5.69 Å². The number of hydrogen-bond donors (Lipinski definition) is 4. The van der Waals surface area contributed by atoms with Gasteiger partial charge in [-0.3, -0.25) is 9.59 Å². The normalized spacial score (nSPS) is 25.1. The molecule has 108 valence electrons. The van der Waals surface area contributed by atoms with Gasteiger partial charge >= 0.3 is 11.9 Å². The minimum atomic E-state index is -1.10. The topological polar surface area (TPSA) is 99.7 Å². The van der Waals surface area contributed by atoms with Gasteiger partial charge in [0.25, 0.3) is 0 Å². The smallest absolute Gasteiger partial charge is 0.323 e. The number of anilines is 1. The number of hydrogen-bond acceptors (Lipinski definition) is 6. The first-order valence-electron chi connectivity index (χ1n) is 6.35. The molecule has 0 saturated carbocycles. The van der Waals surface area contributed by atoms with E-state index in [-0.39, 0.29) is 6.61 Å². The molecule has 1 saturated heterocycles. The average molecular weight is 279 g/mol. The Morgan fingerprint density at radius 3 is 2.60 bits per heavy atom. The molecule has 1 aromatic carbocycles. The quantitative estimate of drug-likeness (QED) is 0.570. The molecule has 3 unspecified atom stereocenters. The van der Waals surface area contributed by atoms with E-state index in [9.17, 15) is 9.59 Å². The number of rotatable bonds is 5. The number of aliphatic carboxylic acids is 1. The zero-order valence-corrected chi connectivity index (χ0v) is 11.0. The van der Waals surface area contributed by atoms with E-state index >= 15 is 0 Å². The van der Waals surface area contributed by atoms with Gasteiger partial charge in [-0.15, -0.1) is 0 Å². The standard InChI is InChI=1S/C13H17N3O4/c1-2-20-13(19)9-10(12(17)18)15-16-11(9)14-8-6-4-3-5-7-8/h3-7,9-11,14-16H,2H2,1H3,(H,17,18). The molecule has 0 bridgehead atoms. The number of carboxylic acid groups (broad SMARTS) is 1. The van der Waals surface area contributed by atoms with Gasteiger partial charge < -0.3 is 15.2 Å². The van der Waals surface area contributed by atoms with Crippen molar-refractivity contribution < 1.29 is 19.4 Å². The number of benzene rings is 1. The van der Waals surface area contributed by atoms with E-state index in [1.165, 1.54) is 0 Å².